The third-order valence-electron chi connectivity index (χ3n) is 2.30. The number of hydrogen-bond donors (Lipinski definition) is 1. The quantitative estimate of drug-likeness (QED) is 0.830. The fourth-order valence-corrected chi connectivity index (χ4v) is 1.82. The maximum atomic E-state index is 11.8. The highest BCUT2D eigenvalue weighted by atomic mass is 79.9. The molecule has 1 aromatic heterocycles. The van der Waals surface area contributed by atoms with E-state index in [-0.39, 0.29) is 5.91 Å². The lowest BCUT2D eigenvalue weighted by Gasteiger charge is -2.43. The largest absolute Gasteiger partial charge is 0.386 e. The first-order chi connectivity index (χ1) is 6.98. The summed E-state index contributed by atoms with van der Waals surface area (Å²) in [7, 11) is 0. The molecule has 1 saturated heterocycles. The first kappa shape index (κ1) is 10.6. The number of pyridine rings is 1. The lowest BCUT2D eigenvalue weighted by Crippen LogP contribution is -2.61. The highest BCUT2D eigenvalue weighted by Crippen LogP contribution is 2.21. The second-order valence-electron chi connectivity index (χ2n) is 4.02. The zero-order chi connectivity index (χ0) is 11.1. The number of β-amino-alcohol motifs (C(OH)–C–C–N with tert-alkyl or cyclic N) is 1. The number of aromatic nitrogens is 1. The van der Waals surface area contributed by atoms with Crippen molar-refractivity contribution in [3.63, 3.8) is 0 Å². The van der Waals surface area contributed by atoms with Crippen molar-refractivity contribution in [2.75, 3.05) is 13.1 Å². The van der Waals surface area contributed by atoms with E-state index in [1.165, 1.54) is 0 Å². The molecule has 5 heteroatoms. The first-order valence-electron chi connectivity index (χ1n) is 4.61. The smallest absolute Gasteiger partial charge is 0.272 e. The standard InChI is InChI=1S/C10H11BrN2O2/c1-10(15)5-13(6-10)9(14)8-3-2-7(11)4-12-8/h2-4,15H,5-6H2,1H3. The van der Waals surface area contributed by atoms with E-state index >= 15 is 0 Å². The number of aliphatic hydroxyl groups is 1. The van der Waals surface area contributed by atoms with Crippen LogP contribution in [0.4, 0.5) is 0 Å². The molecule has 0 unspecified atom stereocenters. The number of rotatable bonds is 1. The number of halogens is 1. The van der Waals surface area contributed by atoms with Crippen LogP contribution in [0.25, 0.3) is 0 Å². The third kappa shape index (κ3) is 2.18. The van der Waals surface area contributed by atoms with Crippen LogP contribution in [0.3, 0.4) is 0 Å². The Kier molecular flexibility index (Phi) is 2.52. The normalized spacial score (nSPS) is 18.5. The van der Waals surface area contributed by atoms with Gasteiger partial charge in [-0.25, -0.2) is 4.98 Å². The van der Waals surface area contributed by atoms with E-state index < -0.39 is 5.60 Å². The fraction of sp³-hybridized carbons (Fsp3) is 0.400. The van der Waals surface area contributed by atoms with Gasteiger partial charge in [0.1, 0.15) is 5.69 Å². The molecule has 0 saturated carbocycles. The summed E-state index contributed by atoms with van der Waals surface area (Å²) in [5.74, 6) is -0.131. The SMILES string of the molecule is CC1(O)CN(C(=O)c2ccc(Br)cn2)C1. The Morgan fingerprint density at radius 1 is 1.60 bits per heavy atom. The molecule has 1 N–H and O–H groups in total. The summed E-state index contributed by atoms with van der Waals surface area (Å²) >= 11 is 3.25. The second kappa shape index (κ2) is 3.57. The van der Waals surface area contributed by atoms with Gasteiger partial charge in [-0.15, -0.1) is 0 Å². The summed E-state index contributed by atoms with van der Waals surface area (Å²) < 4.78 is 0.842. The molecule has 1 aromatic rings. The van der Waals surface area contributed by atoms with Crippen molar-refractivity contribution in [3.05, 3.63) is 28.5 Å². The van der Waals surface area contributed by atoms with Crippen LogP contribution in [0.2, 0.25) is 0 Å². The van der Waals surface area contributed by atoms with Gasteiger partial charge in [-0.05, 0) is 35.0 Å². The van der Waals surface area contributed by atoms with Gasteiger partial charge < -0.3 is 10.0 Å². The molecule has 4 nitrogen and oxygen atoms in total. The first-order valence-corrected chi connectivity index (χ1v) is 5.40. The van der Waals surface area contributed by atoms with Crippen LogP contribution in [-0.2, 0) is 0 Å². The Balaban J connectivity index is 2.07. The summed E-state index contributed by atoms with van der Waals surface area (Å²) in [4.78, 5) is 17.4. The molecule has 2 rings (SSSR count). The topological polar surface area (TPSA) is 53.4 Å². The minimum absolute atomic E-state index is 0.131. The van der Waals surface area contributed by atoms with Gasteiger partial charge in [0.25, 0.3) is 5.91 Å². The number of carbonyl (C=O) groups is 1. The number of carbonyl (C=O) groups excluding carboxylic acids is 1. The zero-order valence-corrected chi connectivity index (χ0v) is 9.86. The lowest BCUT2D eigenvalue weighted by molar-refractivity contribution is -0.0670. The van der Waals surface area contributed by atoms with E-state index in [2.05, 4.69) is 20.9 Å². The summed E-state index contributed by atoms with van der Waals surface area (Å²) in [6, 6.07) is 3.44. The molecule has 0 spiro atoms. The molecule has 0 aliphatic carbocycles. The Morgan fingerprint density at radius 2 is 2.27 bits per heavy atom. The second-order valence-corrected chi connectivity index (χ2v) is 4.94. The van der Waals surface area contributed by atoms with E-state index in [0.29, 0.717) is 18.8 Å². The van der Waals surface area contributed by atoms with E-state index in [0.717, 1.165) is 4.47 Å². The average Bonchev–Trinajstić information content (AvgIpc) is 2.14. The molecule has 0 atom stereocenters. The summed E-state index contributed by atoms with van der Waals surface area (Å²) in [5.41, 5.74) is -0.320. The van der Waals surface area contributed by atoms with Gasteiger partial charge in [0.15, 0.2) is 0 Å². The van der Waals surface area contributed by atoms with Crippen LogP contribution in [0.5, 0.6) is 0 Å². The van der Waals surface area contributed by atoms with E-state index in [4.69, 9.17) is 0 Å². The van der Waals surface area contributed by atoms with Gasteiger partial charge >= 0.3 is 0 Å². The van der Waals surface area contributed by atoms with Crippen molar-refractivity contribution in [1.82, 2.24) is 9.88 Å². The molecular formula is C10H11BrN2O2. The van der Waals surface area contributed by atoms with Crippen LogP contribution in [-0.4, -0.2) is 39.6 Å². The molecular weight excluding hydrogens is 260 g/mol. The molecule has 1 amide bonds. The minimum Gasteiger partial charge on any atom is -0.386 e. The molecule has 1 fully saturated rings. The third-order valence-corrected chi connectivity index (χ3v) is 2.77. The van der Waals surface area contributed by atoms with E-state index in [1.54, 1.807) is 30.2 Å². The maximum absolute atomic E-state index is 11.8. The molecule has 1 aliphatic rings. The minimum atomic E-state index is -0.731. The van der Waals surface area contributed by atoms with Gasteiger partial charge in [-0.3, -0.25) is 4.79 Å². The predicted molar refractivity (Wildman–Crippen MR) is 58.5 cm³/mol. The van der Waals surface area contributed by atoms with Crippen LogP contribution >= 0.6 is 15.9 Å². The molecule has 0 radical (unpaired) electrons. The van der Waals surface area contributed by atoms with E-state index in [9.17, 15) is 9.90 Å². The van der Waals surface area contributed by atoms with Crippen LogP contribution in [0.15, 0.2) is 22.8 Å². The average molecular weight is 271 g/mol. The number of amides is 1. The van der Waals surface area contributed by atoms with Gasteiger partial charge in [0.05, 0.1) is 18.7 Å². The Morgan fingerprint density at radius 3 is 2.73 bits per heavy atom. The van der Waals surface area contributed by atoms with Crippen LogP contribution in [0, 0.1) is 0 Å². The van der Waals surface area contributed by atoms with E-state index in [1.807, 2.05) is 0 Å². The van der Waals surface area contributed by atoms with Crippen molar-refractivity contribution in [2.45, 2.75) is 12.5 Å². The number of likely N-dealkylation sites (tertiary alicyclic amines) is 1. The van der Waals surface area contributed by atoms with Crippen molar-refractivity contribution in [3.8, 4) is 0 Å². The van der Waals surface area contributed by atoms with Crippen LogP contribution in [0.1, 0.15) is 17.4 Å². The van der Waals surface area contributed by atoms with Gasteiger partial charge in [0.2, 0.25) is 0 Å². The monoisotopic (exact) mass is 270 g/mol. The summed E-state index contributed by atoms with van der Waals surface area (Å²) in [6.07, 6.45) is 1.59. The Hall–Kier alpha value is -0.940. The predicted octanol–water partition coefficient (Wildman–Crippen LogP) is 1.05. The molecule has 0 bridgehead atoms. The number of hydrogen-bond acceptors (Lipinski definition) is 3. The summed E-state index contributed by atoms with van der Waals surface area (Å²) in [5, 5.41) is 9.50. The molecule has 0 aromatic carbocycles. The molecule has 80 valence electrons. The zero-order valence-electron chi connectivity index (χ0n) is 8.27. The van der Waals surface area contributed by atoms with Crippen LogP contribution < -0.4 is 0 Å². The maximum Gasteiger partial charge on any atom is 0.272 e. The van der Waals surface area contributed by atoms with Gasteiger partial charge in [-0.1, -0.05) is 0 Å². The van der Waals surface area contributed by atoms with Crippen molar-refractivity contribution in [2.24, 2.45) is 0 Å². The van der Waals surface area contributed by atoms with Gasteiger partial charge in [0, 0.05) is 10.7 Å². The summed E-state index contributed by atoms with van der Waals surface area (Å²) in [6.45, 7) is 2.47. The molecule has 1 aliphatic heterocycles. The highest BCUT2D eigenvalue weighted by molar-refractivity contribution is 9.10. The van der Waals surface area contributed by atoms with Crippen molar-refractivity contribution >= 4 is 21.8 Å². The Labute approximate surface area is 96.1 Å². The highest BCUT2D eigenvalue weighted by Gasteiger charge is 2.39. The van der Waals surface area contributed by atoms with Crippen molar-refractivity contribution in [1.29, 1.82) is 0 Å². The van der Waals surface area contributed by atoms with Gasteiger partial charge in [-0.2, -0.15) is 0 Å². The molecule has 2 heterocycles. The fourth-order valence-electron chi connectivity index (χ4n) is 1.58. The van der Waals surface area contributed by atoms with Crippen molar-refractivity contribution < 1.29 is 9.90 Å². The lowest BCUT2D eigenvalue weighted by atomic mass is 9.96. The number of nitrogens with zero attached hydrogens (tertiary/aromatic N) is 2. The Bertz CT molecular complexity index is 381. The molecule has 15 heavy (non-hydrogen) atoms.